The summed E-state index contributed by atoms with van der Waals surface area (Å²) in [6.45, 7) is 2.75. The van der Waals surface area contributed by atoms with Gasteiger partial charge in [-0.15, -0.1) is 0 Å². The summed E-state index contributed by atoms with van der Waals surface area (Å²) in [6, 6.07) is 19.4. The van der Waals surface area contributed by atoms with E-state index in [1.165, 1.54) is 31.2 Å². The van der Waals surface area contributed by atoms with Gasteiger partial charge in [0.15, 0.2) is 0 Å². The number of nitrogens with two attached hydrogens (primary N) is 2. The van der Waals surface area contributed by atoms with Gasteiger partial charge in [-0.1, -0.05) is 55.3 Å². The Labute approximate surface area is 230 Å². The molecule has 3 aromatic rings. The molecule has 2 aromatic carbocycles. The van der Waals surface area contributed by atoms with Crippen LogP contribution in [0.4, 0.5) is 5.82 Å². The van der Waals surface area contributed by atoms with E-state index in [1.54, 1.807) is 30.5 Å². The second-order valence-corrected chi connectivity index (χ2v) is 10.4. The second-order valence-electron chi connectivity index (χ2n) is 10.4. The lowest BCUT2D eigenvalue weighted by atomic mass is 10.0. The van der Waals surface area contributed by atoms with Gasteiger partial charge < -0.3 is 26.4 Å². The minimum Gasteiger partial charge on any atom is -0.383 e. The van der Waals surface area contributed by atoms with E-state index in [4.69, 9.17) is 16.2 Å². The molecule has 8 nitrogen and oxygen atoms in total. The van der Waals surface area contributed by atoms with Gasteiger partial charge in [0.05, 0.1) is 18.3 Å². The minimum absolute atomic E-state index is 0.0948. The van der Waals surface area contributed by atoms with Crippen LogP contribution in [0.5, 0.6) is 0 Å². The number of nitrogens with one attached hydrogen (secondary N) is 1. The third kappa shape index (κ3) is 8.37. The Bertz CT molecular complexity index is 1240. The normalized spacial score (nSPS) is 16.3. The van der Waals surface area contributed by atoms with E-state index in [-0.39, 0.29) is 23.3 Å². The third-order valence-corrected chi connectivity index (χ3v) is 7.33. The van der Waals surface area contributed by atoms with Crippen LogP contribution in [0.2, 0.25) is 0 Å². The van der Waals surface area contributed by atoms with E-state index < -0.39 is 5.91 Å². The summed E-state index contributed by atoms with van der Waals surface area (Å²) >= 11 is 0. The zero-order valence-electron chi connectivity index (χ0n) is 22.6. The van der Waals surface area contributed by atoms with Crippen LogP contribution in [0.15, 0.2) is 66.9 Å². The number of primary amides is 1. The Kier molecular flexibility index (Phi) is 10.1. The summed E-state index contributed by atoms with van der Waals surface area (Å²) in [5.41, 5.74) is 14.5. The van der Waals surface area contributed by atoms with E-state index in [0.717, 1.165) is 38.1 Å². The number of nitrogens with zero attached hydrogens (tertiary/aromatic N) is 2. The number of anilines is 1. The van der Waals surface area contributed by atoms with Gasteiger partial charge in [0, 0.05) is 23.4 Å². The van der Waals surface area contributed by atoms with Crippen LogP contribution in [0, 0.1) is 0 Å². The number of rotatable bonds is 7. The van der Waals surface area contributed by atoms with Gasteiger partial charge in [-0.3, -0.25) is 9.59 Å². The number of aromatic nitrogens is 1. The van der Waals surface area contributed by atoms with Gasteiger partial charge in [0.2, 0.25) is 0 Å². The molecule has 2 heterocycles. The SMILES string of the molecule is CN1CCC(NC(=O)c2cccc(-c3cnc(N)c(C(N)=O)c3)c2)CC1.c1ccc(COC2CCCC2)cc1. The van der Waals surface area contributed by atoms with Crippen molar-refractivity contribution in [2.45, 2.75) is 57.3 Å². The summed E-state index contributed by atoms with van der Waals surface area (Å²) in [6.07, 6.45) is 9.20. The molecule has 0 radical (unpaired) electrons. The van der Waals surface area contributed by atoms with Crippen molar-refractivity contribution >= 4 is 17.6 Å². The first kappa shape index (κ1) is 28.3. The fraction of sp³-hybridized carbons (Fsp3) is 0.387. The third-order valence-electron chi connectivity index (χ3n) is 7.33. The number of pyridine rings is 1. The number of benzene rings is 2. The van der Waals surface area contributed by atoms with Gasteiger partial charge >= 0.3 is 0 Å². The summed E-state index contributed by atoms with van der Waals surface area (Å²) in [7, 11) is 2.09. The lowest BCUT2D eigenvalue weighted by Gasteiger charge is -2.29. The monoisotopic (exact) mass is 529 g/mol. The molecule has 1 aliphatic heterocycles. The van der Waals surface area contributed by atoms with Crippen molar-refractivity contribution in [3.63, 3.8) is 0 Å². The highest BCUT2D eigenvalue weighted by molar-refractivity contribution is 5.99. The number of piperidine rings is 1. The predicted octanol–water partition coefficient (Wildman–Crippen LogP) is 4.40. The lowest BCUT2D eigenvalue weighted by Crippen LogP contribution is -2.43. The van der Waals surface area contributed by atoms with Crippen LogP contribution in [0.3, 0.4) is 0 Å². The first-order valence-electron chi connectivity index (χ1n) is 13.7. The fourth-order valence-corrected chi connectivity index (χ4v) is 4.94. The van der Waals surface area contributed by atoms with Gasteiger partial charge in [0.1, 0.15) is 5.82 Å². The van der Waals surface area contributed by atoms with Gasteiger partial charge in [0.25, 0.3) is 11.8 Å². The summed E-state index contributed by atoms with van der Waals surface area (Å²) in [4.78, 5) is 30.3. The highest BCUT2D eigenvalue weighted by Crippen LogP contribution is 2.24. The van der Waals surface area contributed by atoms with Gasteiger partial charge in [-0.2, -0.15) is 0 Å². The number of nitrogen functional groups attached to an aromatic ring is 1. The molecule has 0 unspecified atom stereocenters. The largest absolute Gasteiger partial charge is 0.383 e. The molecular formula is C31H39N5O3. The average molecular weight is 530 g/mol. The number of likely N-dealkylation sites (tertiary alicyclic amines) is 1. The van der Waals surface area contributed by atoms with Gasteiger partial charge in [-0.05, 0) is 75.1 Å². The van der Waals surface area contributed by atoms with Crippen molar-refractivity contribution in [1.29, 1.82) is 0 Å². The van der Waals surface area contributed by atoms with Crippen LogP contribution in [-0.4, -0.2) is 54.0 Å². The molecule has 0 atom stereocenters. The average Bonchev–Trinajstić information content (AvgIpc) is 3.48. The quantitative estimate of drug-likeness (QED) is 0.417. The Morgan fingerprint density at radius 3 is 2.38 bits per heavy atom. The fourth-order valence-electron chi connectivity index (χ4n) is 4.94. The number of hydrogen-bond donors (Lipinski definition) is 3. The van der Waals surface area contributed by atoms with Crippen molar-refractivity contribution in [2.24, 2.45) is 5.73 Å². The maximum Gasteiger partial charge on any atom is 0.252 e. The van der Waals surface area contributed by atoms with E-state index in [2.05, 4.69) is 46.5 Å². The van der Waals surface area contributed by atoms with E-state index >= 15 is 0 Å². The number of carbonyl (C=O) groups is 2. The molecule has 39 heavy (non-hydrogen) atoms. The molecule has 1 saturated heterocycles. The number of ether oxygens (including phenoxy) is 1. The molecule has 0 spiro atoms. The van der Waals surface area contributed by atoms with Crippen molar-refractivity contribution in [2.75, 3.05) is 25.9 Å². The second kappa shape index (κ2) is 13.9. The van der Waals surface area contributed by atoms with Crippen molar-refractivity contribution in [3.05, 3.63) is 83.6 Å². The number of carbonyl (C=O) groups excluding carboxylic acids is 2. The minimum atomic E-state index is -0.631. The molecule has 8 heteroatoms. The molecule has 1 aromatic heterocycles. The molecule has 1 aliphatic carbocycles. The van der Waals surface area contributed by atoms with Crippen molar-refractivity contribution < 1.29 is 14.3 Å². The van der Waals surface area contributed by atoms with Crippen molar-refractivity contribution in [3.8, 4) is 11.1 Å². The topological polar surface area (TPSA) is 124 Å². The van der Waals surface area contributed by atoms with E-state index in [9.17, 15) is 9.59 Å². The molecule has 2 amide bonds. The summed E-state index contributed by atoms with van der Waals surface area (Å²) in [5, 5.41) is 3.10. The smallest absolute Gasteiger partial charge is 0.252 e. The highest BCUT2D eigenvalue weighted by Gasteiger charge is 2.19. The number of amides is 2. The predicted molar refractivity (Wildman–Crippen MR) is 154 cm³/mol. The Morgan fingerprint density at radius 2 is 1.69 bits per heavy atom. The van der Waals surface area contributed by atoms with Crippen LogP contribution in [-0.2, 0) is 11.3 Å². The molecule has 5 rings (SSSR count). The first-order valence-corrected chi connectivity index (χ1v) is 13.7. The molecule has 1 saturated carbocycles. The van der Waals surface area contributed by atoms with Crippen molar-refractivity contribution in [1.82, 2.24) is 15.2 Å². The van der Waals surface area contributed by atoms with Crippen LogP contribution in [0.1, 0.15) is 64.8 Å². The molecule has 2 aliphatic rings. The molecule has 0 bridgehead atoms. The van der Waals surface area contributed by atoms with Crippen LogP contribution >= 0.6 is 0 Å². The lowest BCUT2D eigenvalue weighted by molar-refractivity contribution is 0.0457. The summed E-state index contributed by atoms with van der Waals surface area (Å²) in [5.74, 6) is -0.634. The molecule has 5 N–H and O–H groups in total. The first-order chi connectivity index (χ1) is 18.9. The maximum absolute atomic E-state index is 12.6. The Hall–Kier alpha value is -3.75. The molecule has 206 valence electrons. The summed E-state index contributed by atoms with van der Waals surface area (Å²) < 4.78 is 5.79. The zero-order valence-corrected chi connectivity index (χ0v) is 22.6. The van der Waals surface area contributed by atoms with Gasteiger partial charge in [-0.25, -0.2) is 4.98 Å². The standard InChI is InChI=1S/C19H23N5O2.C12H16O/c1-24-7-5-15(6-8-24)23-19(26)13-4-2-3-12(9-13)14-10-16(18(21)25)17(20)22-11-14;1-2-6-11(7-3-1)10-13-12-8-4-5-9-12/h2-4,9-11,15H,5-8H2,1H3,(H2,20,22)(H2,21,25)(H,23,26);1-3,6-7,12H,4-5,8-10H2. The zero-order chi connectivity index (χ0) is 27.6. The van der Waals surface area contributed by atoms with Crippen LogP contribution < -0.4 is 16.8 Å². The Balaban J connectivity index is 0.000000226. The maximum atomic E-state index is 12.6. The highest BCUT2D eigenvalue weighted by atomic mass is 16.5. The Morgan fingerprint density at radius 1 is 0.974 bits per heavy atom. The number of hydrogen-bond acceptors (Lipinski definition) is 6. The van der Waals surface area contributed by atoms with E-state index in [0.29, 0.717) is 17.2 Å². The van der Waals surface area contributed by atoms with Crippen LogP contribution in [0.25, 0.3) is 11.1 Å². The van der Waals surface area contributed by atoms with E-state index in [1.807, 2.05) is 12.1 Å². The molecular weight excluding hydrogens is 490 g/mol. The molecule has 2 fully saturated rings.